The van der Waals surface area contributed by atoms with Crippen LogP contribution in [-0.4, -0.2) is 21.0 Å². The molecule has 0 saturated heterocycles. The topological polar surface area (TPSA) is 63.1 Å². The van der Waals surface area contributed by atoms with Gasteiger partial charge in [0, 0.05) is 12.1 Å². The summed E-state index contributed by atoms with van der Waals surface area (Å²) in [7, 11) is 0. The van der Waals surface area contributed by atoms with Crippen LogP contribution in [-0.2, 0) is 0 Å². The van der Waals surface area contributed by atoms with Gasteiger partial charge in [0.15, 0.2) is 0 Å². The van der Waals surface area contributed by atoms with E-state index in [0.717, 1.165) is 29.5 Å². The van der Waals surface area contributed by atoms with Crippen molar-refractivity contribution in [2.75, 3.05) is 0 Å². The molecule has 5 rings (SSSR count). The monoisotopic (exact) mass is 272 g/mol. The number of aromatic nitrogens is 2. The van der Waals surface area contributed by atoms with Gasteiger partial charge in [-0.25, -0.2) is 14.8 Å². The zero-order valence-corrected chi connectivity index (χ0v) is 11.7. The molecule has 0 atom stereocenters. The minimum Gasteiger partial charge on any atom is -0.478 e. The van der Waals surface area contributed by atoms with Crippen LogP contribution in [0.25, 0.3) is 0 Å². The normalized spacial score (nSPS) is 38.1. The lowest BCUT2D eigenvalue weighted by Gasteiger charge is -2.53. The molecule has 4 nitrogen and oxygen atoms in total. The molecule has 1 aromatic heterocycles. The van der Waals surface area contributed by atoms with Gasteiger partial charge in [0.2, 0.25) is 0 Å². The second-order valence-electron chi connectivity index (χ2n) is 6.99. The Hall–Kier alpha value is -1.45. The summed E-state index contributed by atoms with van der Waals surface area (Å²) in [4.78, 5) is 20.0. The van der Waals surface area contributed by atoms with Crippen LogP contribution in [0, 0.1) is 30.6 Å². The van der Waals surface area contributed by atoms with Crippen molar-refractivity contribution < 1.29 is 9.90 Å². The molecule has 0 amide bonds. The Kier molecular flexibility index (Phi) is 2.63. The summed E-state index contributed by atoms with van der Waals surface area (Å²) in [5, 5.41) is 9.09. The van der Waals surface area contributed by atoms with Crippen molar-refractivity contribution in [2.45, 2.75) is 44.9 Å². The molecule has 4 aliphatic carbocycles. The number of rotatable bonds is 2. The average molecular weight is 272 g/mol. The lowest BCUT2D eigenvalue weighted by Crippen LogP contribution is -2.44. The summed E-state index contributed by atoms with van der Waals surface area (Å²) in [6.07, 6.45) is 8.28. The maximum absolute atomic E-state index is 11.1. The van der Waals surface area contributed by atoms with E-state index in [0.29, 0.717) is 11.6 Å². The Bertz CT molecular complexity index is 542. The summed E-state index contributed by atoms with van der Waals surface area (Å²) in [6, 6.07) is 0. The lowest BCUT2D eigenvalue weighted by atomic mass is 9.51. The van der Waals surface area contributed by atoms with Gasteiger partial charge in [-0.2, -0.15) is 0 Å². The molecular formula is C16H20N2O2. The molecule has 4 heteroatoms. The summed E-state index contributed by atoms with van der Waals surface area (Å²) in [5.41, 5.74) is 0.842. The number of aromatic carboxylic acids is 1. The number of carboxylic acid groups (broad SMARTS) is 1. The zero-order valence-electron chi connectivity index (χ0n) is 11.7. The minimum atomic E-state index is -0.931. The number of aryl methyl sites for hydroxylation is 1. The van der Waals surface area contributed by atoms with E-state index in [4.69, 9.17) is 5.11 Å². The van der Waals surface area contributed by atoms with Crippen LogP contribution >= 0.6 is 0 Å². The van der Waals surface area contributed by atoms with Crippen LogP contribution in [0.3, 0.4) is 0 Å². The van der Waals surface area contributed by atoms with E-state index in [1.807, 2.05) is 0 Å². The van der Waals surface area contributed by atoms with Crippen molar-refractivity contribution in [2.24, 2.45) is 23.7 Å². The molecule has 0 radical (unpaired) electrons. The predicted octanol–water partition coefficient (Wildman–Crippen LogP) is 3.02. The number of carboxylic acids is 1. The van der Waals surface area contributed by atoms with Crippen molar-refractivity contribution in [3.63, 3.8) is 0 Å². The third kappa shape index (κ3) is 1.77. The van der Waals surface area contributed by atoms with Gasteiger partial charge in [-0.05, 0) is 62.7 Å². The van der Waals surface area contributed by atoms with Gasteiger partial charge in [-0.15, -0.1) is 0 Å². The van der Waals surface area contributed by atoms with Gasteiger partial charge in [0.25, 0.3) is 0 Å². The van der Waals surface area contributed by atoms with Crippen molar-refractivity contribution in [3.8, 4) is 0 Å². The third-order valence-electron chi connectivity index (χ3n) is 5.75. The highest BCUT2D eigenvalue weighted by atomic mass is 16.4. The van der Waals surface area contributed by atoms with Crippen LogP contribution in [0.4, 0.5) is 0 Å². The van der Waals surface area contributed by atoms with E-state index < -0.39 is 5.97 Å². The highest BCUT2D eigenvalue weighted by Gasteiger charge is 2.49. The first-order valence-electron chi connectivity index (χ1n) is 7.68. The average Bonchev–Trinajstić information content (AvgIpc) is 2.37. The Balaban J connectivity index is 1.68. The quantitative estimate of drug-likeness (QED) is 0.898. The van der Waals surface area contributed by atoms with Gasteiger partial charge in [0.05, 0.1) is 11.3 Å². The highest BCUT2D eigenvalue weighted by molar-refractivity contribution is 5.88. The molecule has 20 heavy (non-hydrogen) atoms. The molecule has 0 aromatic carbocycles. The van der Waals surface area contributed by atoms with E-state index >= 15 is 0 Å². The van der Waals surface area contributed by atoms with E-state index in [1.165, 1.54) is 38.3 Å². The molecule has 1 heterocycles. The zero-order chi connectivity index (χ0) is 13.9. The molecule has 0 unspecified atom stereocenters. The van der Waals surface area contributed by atoms with E-state index in [9.17, 15) is 4.79 Å². The fourth-order valence-corrected chi connectivity index (χ4v) is 5.20. The van der Waals surface area contributed by atoms with Gasteiger partial charge in [0.1, 0.15) is 5.82 Å². The van der Waals surface area contributed by atoms with Crippen LogP contribution in [0.1, 0.15) is 59.9 Å². The summed E-state index contributed by atoms with van der Waals surface area (Å²) >= 11 is 0. The maximum atomic E-state index is 11.1. The summed E-state index contributed by atoms with van der Waals surface area (Å²) < 4.78 is 0. The predicted molar refractivity (Wildman–Crippen MR) is 73.5 cm³/mol. The van der Waals surface area contributed by atoms with Gasteiger partial charge in [-0.3, -0.25) is 0 Å². The van der Waals surface area contributed by atoms with E-state index in [2.05, 4.69) is 9.97 Å². The molecule has 4 fully saturated rings. The lowest BCUT2D eigenvalue weighted by molar-refractivity contribution is -0.00571. The molecule has 106 valence electrons. The molecule has 1 aromatic rings. The maximum Gasteiger partial charge on any atom is 0.339 e. The van der Waals surface area contributed by atoms with Crippen LogP contribution in [0.5, 0.6) is 0 Å². The Morgan fingerprint density at radius 2 is 1.75 bits per heavy atom. The minimum absolute atomic E-state index is 0.234. The van der Waals surface area contributed by atoms with Crippen molar-refractivity contribution in [3.05, 3.63) is 23.3 Å². The molecule has 1 N–H and O–H groups in total. The Morgan fingerprint density at radius 3 is 2.25 bits per heavy atom. The standard InChI is InChI=1S/C16H20N2O2/c1-8-13(16(19)20)7-17-15(18-8)14-11-3-9-2-10(5-11)6-12(14)4-9/h7,9-12,14H,2-6H2,1H3,(H,19,20). The Morgan fingerprint density at radius 1 is 1.15 bits per heavy atom. The first kappa shape index (κ1) is 12.3. The third-order valence-corrected chi connectivity index (χ3v) is 5.75. The van der Waals surface area contributed by atoms with Crippen LogP contribution in [0.2, 0.25) is 0 Å². The molecule has 4 bridgehead atoms. The number of hydrogen-bond acceptors (Lipinski definition) is 3. The number of hydrogen-bond donors (Lipinski definition) is 1. The molecule has 0 aliphatic heterocycles. The molecule has 4 saturated carbocycles. The number of carbonyl (C=O) groups is 1. The SMILES string of the molecule is Cc1nc(C2C3CC4CC(C3)CC2C4)ncc1C(=O)O. The van der Waals surface area contributed by atoms with Crippen molar-refractivity contribution in [1.82, 2.24) is 9.97 Å². The second-order valence-corrected chi connectivity index (χ2v) is 6.99. The highest BCUT2D eigenvalue weighted by Crippen LogP contribution is 2.59. The molecule has 4 aliphatic rings. The van der Waals surface area contributed by atoms with Crippen molar-refractivity contribution in [1.29, 1.82) is 0 Å². The van der Waals surface area contributed by atoms with Gasteiger partial charge >= 0.3 is 5.97 Å². The smallest absolute Gasteiger partial charge is 0.339 e. The summed E-state index contributed by atoms with van der Waals surface area (Å²) in [6.45, 7) is 1.78. The van der Waals surface area contributed by atoms with Gasteiger partial charge in [-0.1, -0.05) is 0 Å². The Labute approximate surface area is 118 Å². The first-order valence-corrected chi connectivity index (χ1v) is 7.68. The van der Waals surface area contributed by atoms with Crippen LogP contribution in [0.15, 0.2) is 6.20 Å². The summed E-state index contributed by atoms with van der Waals surface area (Å²) in [5.74, 6) is 3.80. The first-order chi connectivity index (χ1) is 9.61. The number of nitrogens with zero attached hydrogens (tertiary/aromatic N) is 2. The second kappa shape index (κ2) is 4.27. The largest absolute Gasteiger partial charge is 0.478 e. The molecule has 0 spiro atoms. The van der Waals surface area contributed by atoms with Crippen LogP contribution < -0.4 is 0 Å². The molecular weight excluding hydrogens is 252 g/mol. The fraction of sp³-hybridized carbons (Fsp3) is 0.688. The van der Waals surface area contributed by atoms with Gasteiger partial charge < -0.3 is 5.11 Å². The van der Waals surface area contributed by atoms with Crippen molar-refractivity contribution >= 4 is 5.97 Å². The van der Waals surface area contributed by atoms with E-state index in [-0.39, 0.29) is 5.56 Å². The van der Waals surface area contributed by atoms with E-state index in [1.54, 1.807) is 6.92 Å². The fourth-order valence-electron chi connectivity index (χ4n) is 5.20.